The summed E-state index contributed by atoms with van der Waals surface area (Å²) in [7, 11) is 0. The molecule has 3 aromatic heterocycles. The number of anilines is 3. The summed E-state index contributed by atoms with van der Waals surface area (Å²) < 4.78 is 0. The molecule has 1 amide bonds. The third kappa shape index (κ3) is 3.35. The van der Waals surface area contributed by atoms with E-state index in [1.54, 1.807) is 23.8 Å². The molecule has 0 unspecified atom stereocenters. The van der Waals surface area contributed by atoms with Gasteiger partial charge in [-0.15, -0.1) is 11.3 Å². The molecule has 0 saturated heterocycles. The van der Waals surface area contributed by atoms with Gasteiger partial charge in [0.1, 0.15) is 5.69 Å². The highest BCUT2D eigenvalue weighted by atomic mass is 32.1. The Morgan fingerprint density at radius 3 is 2.73 bits per heavy atom. The molecule has 128 valence electrons. The number of hydrogen-bond acceptors (Lipinski definition) is 7. The summed E-state index contributed by atoms with van der Waals surface area (Å²) in [5.41, 5.74) is 2.79. The maximum atomic E-state index is 12.5. The molecule has 0 atom stereocenters. The van der Waals surface area contributed by atoms with Crippen LogP contribution in [0.25, 0.3) is 10.9 Å². The molecule has 0 aliphatic heterocycles. The van der Waals surface area contributed by atoms with Gasteiger partial charge in [0, 0.05) is 28.9 Å². The van der Waals surface area contributed by atoms with Gasteiger partial charge in [-0.05, 0) is 37.3 Å². The van der Waals surface area contributed by atoms with E-state index in [2.05, 4.69) is 30.6 Å². The molecule has 8 heteroatoms. The number of pyridine rings is 1. The molecule has 4 aromatic rings. The molecular formula is C18H14N6OS. The Morgan fingerprint density at radius 1 is 1.04 bits per heavy atom. The third-order valence-electron chi connectivity index (χ3n) is 3.64. The summed E-state index contributed by atoms with van der Waals surface area (Å²) in [5.74, 6) is 0.153. The molecule has 7 nitrogen and oxygen atoms in total. The average Bonchev–Trinajstić information content (AvgIpc) is 3.11. The topological polar surface area (TPSA) is 92.7 Å². The molecule has 3 heterocycles. The Morgan fingerprint density at radius 2 is 1.88 bits per heavy atom. The number of carbonyl (C=O) groups is 1. The normalized spacial score (nSPS) is 10.7. The number of rotatable bonds is 4. The number of thiazole rings is 1. The quantitative estimate of drug-likeness (QED) is 0.574. The van der Waals surface area contributed by atoms with Crippen molar-refractivity contribution in [2.75, 3.05) is 10.6 Å². The van der Waals surface area contributed by atoms with Crippen LogP contribution in [0.15, 0.2) is 54.2 Å². The number of fused-ring (bicyclic) bond motifs is 1. The van der Waals surface area contributed by atoms with Gasteiger partial charge in [-0.3, -0.25) is 9.78 Å². The second-order valence-electron chi connectivity index (χ2n) is 5.51. The van der Waals surface area contributed by atoms with E-state index in [1.807, 2.05) is 37.3 Å². The summed E-state index contributed by atoms with van der Waals surface area (Å²) in [5, 5.41) is 9.01. The Bertz CT molecular complexity index is 1080. The minimum atomic E-state index is -0.281. The van der Waals surface area contributed by atoms with E-state index in [1.165, 1.54) is 11.3 Å². The van der Waals surface area contributed by atoms with Gasteiger partial charge in [0.25, 0.3) is 5.91 Å². The van der Waals surface area contributed by atoms with E-state index >= 15 is 0 Å². The number of aryl methyl sites for hydroxylation is 1. The van der Waals surface area contributed by atoms with Crippen LogP contribution in [0.4, 0.5) is 16.8 Å². The van der Waals surface area contributed by atoms with Crippen molar-refractivity contribution in [3.05, 3.63) is 65.6 Å². The van der Waals surface area contributed by atoms with Gasteiger partial charge in [0.15, 0.2) is 5.13 Å². The van der Waals surface area contributed by atoms with Gasteiger partial charge in [-0.1, -0.05) is 6.07 Å². The summed E-state index contributed by atoms with van der Waals surface area (Å²) >= 11 is 1.31. The van der Waals surface area contributed by atoms with Crippen molar-refractivity contribution in [2.45, 2.75) is 6.92 Å². The minimum Gasteiger partial charge on any atom is -0.320 e. The molecule has 0 fully saturated rings. The number of hydrogen-bond donors (Lipinski definition) is 2. The molecule has 26 heavy (non-hydrogen) atoms. The van der Waals surface area contributed by atoms with Crippen molar-refractivity contribution < 1.29 is 4.79 Å². The van der Waals surface area contributed by atoms with E-state index in [9.17, 15) is 4.79 Å². The average molecular weight is 362 g/mol. The van der Waals surface area contributed by atoms with Crippen molar-refractivity contribution in [1.82, 2.24) is 19.9 Å². The van der Waals surface area contributed by atoms with Gasteiger partial charge in [0.2, 0.25) is 5.95 Å². The fourth-order valence-electron chi connectivity index (χ4n) is 2.45. The van der Waals surface area contributed by atoms with Crippen LogP contribution >= 0.6 is 11.3 Å². The van der Waals surface area contributed by atoms with Crippen molar-refractivity contribution in [3.63, 3.8) is 0 Å². The van der Waals surface area contributed by atoms with Crippen LogP contribution in [0.2, 0.25) is 0 Å². The Kier molecular flexibility index (Phi) is 4.24. The number of nitrogens with one attached hydrogen (secondary N) is 2. The number of carbonyl (C=O) groups excluding carboxylic acids is 1. The maximum absolute atomic E-state index is 12.5. The molecule has 0 spiro atoms. The van der Waals surface area contributed by atoms with E-state index in [0.717, 1.165) is 16.6 Å². The van der Waals surface area contributed by atoms with Crippen LogP contribution in [0.1, 0.15) is 16.2 Å². The van der Waals surface area contributed by atoms with Crippen LogP contribution in [-0.2, 0) is 0 Å². The lowest BCUT2D eigenvalue weighted by Crippen LogP contribution is -2.12. The van der Waals surface area contributed by atoms with Gasteiger partial charge in [0.05, 0.1) is 11.2 Å². The molecular weight excluding hydrogens is 348 g/mol. The molecule has 4 rings (SSSR count). The minimum absolute atomic E-state index is 0.281. The van der Waals surface area contributed by atoms with Crippen molar-refractivity contribution in [3.8, 4) is 0 Å². The zero-order chi connectivity index (χ0) is 17.9. The highest BCUT2D eigenvalue weighted by molar-refractivity contribution is 7.14. The fourth-order valence-corrected chi connectivity index (χ4v) is 3.13. The first kappa shape index (κ1) is 16.1. The molecule has 2 N–H and O–H groups in total. The monoisotopic (exact) mass is 362 g/mol. The summed E-state index contributed by atoms with van der Waals surface area (Å²) in [4.78, 5) is 29.5. The second kappa shape index (κ2) is 6.85. The van der Waals surface area contributed by atoms with Crippen molar-refractivity contribution in [2.24, 2.45) is 0 Å². The maximum Gasteiger partial charge on any atom is 0.275 e. The summed E-state index contributed by atoms with van der Waals surface area (Å²) in [6.07, 6.45) is 3.26. The fraction of sp³-hybridized carbons (Fsp3) is 0.0556. The van der Waals surface area contributed by atoms with Crippen LogP contribution in [0.5, 0.6) is 0 Å². The molecule has 0 saturated carbocycles. The van der Waals surface area contributed by atoms with Crippen LogP contribution in [0.3, 0.4) is 0 Å². The van der Waals surface area contributed by atoms with E-state index in [-0.39, 0.29) is 5.91 Å². The lowest BCUT2D eigenvalue weighted by atomic mass is 10.1. The Balaban J connectivity index is 1.54. The van der Waals surface area contributed by atoms with Crippen molar-refractivity contribution >= 4 is 44.9 Å². The lowest BCUT2D eigenvalue weighted by molar-refractivity contribution is 0.102. The summed E-state index contributed by atoms with van der Waals surface area (Å²) in [6, 6.07) is 11.2. The molecule has 0 radical (unpaired) electrons. The first-order valence-corrected chi connectivity index (χ1v) is 8.74. The number of benzene rings is 1. The van der Waals surface area contributed by atoms with Crippen LogP contribution < -0.4 is 10.6 Å². The molecule has 0 bridgehead atoms. The molecule has 0 aliphatic carbocycles. The SMILES string of the molecule is Cc1ccc2c(NC(=O)c3csc(Nc4ncccn4)n3)cccc2n1. The van der Waals surface area contributed by atoms with E-state index in [4.69, 9.17) is 0 Å². The lowest BCUT2D eigenvalue weighted by Gasteiger charge is -2.07. The standard InChI is InChI=1S/C18H14N6OS/c1-11-6-7-12-13(21-11)4-2-5-14(12)22-16(25)15-10-26-18(23-15)24-17-19-8-3-9-20-17/h2-10H,1H3,(H,22,25)(H,19,20,23,24). The predicted molar refractivity (Wildman–Crippen MR) is 102 cm³/mol. The van der Waals surface area contributed by atoms with Gasteiger partial charge in [-0.25, -0.2) is 15.0 Å². The summed E-state index contributed by atoms with van der Waals surface area (Å²) in [6.45, 7) is 1.94. The van der Waals surface area contributed by atoms with Crippen LogP contribution in [0, 0.1) is 6.92 Å². The molecule has 0 aliphatic rings. The van der Waals surface area contributed by atoms with Gasteiger partial charge >= 0.3 is 0 Å². The number of aromatic nitrogens is 4. The first-order chi connectivity index (χ1) is 12.7. The zero-order valence-electron chi connectivity index (χ0n) is 13.8. The van der Waals surface area contributed by atoms with Crippen LogP contribution in [-0.4, -0.2) is 25.8 Å². The molecule has 1 aromatic carbocycles. The van der Waals surface area contributed by atoms with E-state index < -0.39 is 0 Å². The number of amides is 1. The van der Waals surface area contributed by atoms with Crippen molar-refractivity contribution in [1.29, 1.82) is 0 Å². The Hall–Kier alpha value is -3.39. The third-order valence-corrected chi connectivity index (χ3v) is 4.40. The van der Waals surface area contributed by atoms with Gasteiger partial charge < -0.3 is 10.6 Å². The smallest absolute Gasteiger partial charge is 0.275 e. The van der Waals surface area contributed by atoms with Gasteiger partial charge in [-0.2, -0.15) is 0 Å². The largest absolute Gasteiger partial charge is 0.320 e. The highest BCUT2D eigenvalue weighted by Gasteiger charge is 2.13. The highest BCUT2D eigenvalue weighted by Crippen LogP contribution is 2.24. The number of nitrogens with zero attached hydrogens (tertiary/aromatic N) is 4. The first-order valence-electron chi connectivity index (χ1n) is 7.86. The zero-order valence-corrected chi connectivity index (χ0v) is 14.6. The second-order valence-corrected chi connectivity index (χ2v) is 6.37. The Labute approximate surface area is 153 Å². The predicted octanol–water partition coefficient (Wildman–Crippen LogP) is 3.79. The van der Waals surface area contributed by atoms with E-state index in [0.29, 0.717) is 22.5 Å².